The van der Waals surface area contributed by atoms with E-state index in [0.29, 0.717) is 20.8 Å². The van der Waals surface area contributed by atoms with Crippen molar-refractivity contribution in [1.29, 1.82) is 0 Å². The lowest BCUT2D eigenvalue weighted by molar-refractivity contribution is 0.0698. The zero-order valence-corrected chi connectivity index (χ0v) is 13.3. The molecule has 0 bridgehead atoms. The largest absolute Gasteiger partial charge is 0.478 e. The van der Waals surface area contributed by atoms with Crippen molar-refractivity contribution in [2.24, 2.45) is 0 Å². The van der Waals surface area contributed by atoms with Gasteiger partial charge in [-0.1, -0.05) is 40.9 Å². The third-order valence-electron chi connectivity index (χ3n) is 3.01. The quantitative estimate of drug-likeness (QED) is 0.768. The number of aromatic carboxylic acids is 1. The summed E-state index contributed by atoms with van der Waals surface area (Å²) in [6, 6.07) is 9.55. The molecule has 0 amide bonds. The van der Waals surface area contributed by atoms with Crippen LogP contribution in [0.3, 0.4) is 0 Å². The van der Waals surface area contributed by atoms with Crippen LogP contribution in [0, 0.1) is 0 Å². The van der Waals surface area contributed by atoms with Gasteiger partial charge in [-0.3, -0.25) is 0 Å². The second-order valence-electron chi connectivity index (χ2n) is 4.53. The van der Waals surface area contributed by atoms with E-state index in [2.05, 4.69) is 5.32 Å². The molecule has 2 N–H and O–H groups in total. The van der Waals surface area contributed by atoms with E-state index in [0.717, 1.165) is 5.56 Å². The first-order valence-corrected chi connectivity index (χ1v) is 7.26. The van der Waals surface area contributed by atoms with E-state index < -0.39 is 5.97 Å². The average molecular weight is 345 g/mol. The highest BCUT2D eigenvalue weighted by molar-refractivity contribution is 6.35. The summed E-state index contributed by atoms with van der Waals surface area (Å²) in [5, 5.41) is 13.8. The summed E-state index contributed by atoms with van der Waals surface area (Å²) < 4.78 is 0. The van der Waals surface area contributed by atoms with Gasteiger partial charge in [-0.25, -0.2) is 4.79 Å². The van der Waals surface area contributed by atoms with Crippen LogP contribution in [0.4, 0.5) is 5.69 Å². The molecule has 0 fully saturated rings. The van der Waals surface area contributed by atoms with Gasteiger partial charge < -0.3 is 10.4 Å². The molecule has 3 nitrogen and oxygen atoms in total. The summed E-state index contributed by atoms with van der Waals surface area (Å²) in [5.41, 5.74) is 1.40. The SMILES string of the molecule is CC(Nc1cc(Cl)ccc1C(=O)O)c1ccc(Cl)cc1Cl. The van der Waals surface area contributed by atoms with Crippen molar-refractivity contribution < 1.29 is 9.90 Å². The van der Waals surface area contributed by atoms with Gasteiger partial charge in [0.25, 0.3) is 0 Å². The number of anilines is 1. The lowest BCUT2D eigenvalue weighted by Gasteiger charge is -2.19. The maximum Gasteiger partial charge on any atom is 0.337 e. The Bertz CT molecular complexity index is 689. The Labute approximate surface area is 137 Å². The number of carboxylic acid groups (broad SMARTS) is 1. The van der Waals surface area contributed by atoms with Crippen LogP contribution in [0.1, 0.15) is 28.9 Å². The minimum Gasteiger partial charge on any atom is -0.478 e. The molecule has 0 aliphatic carbocycles. The Morgan fingerprint density at radius 1 is 1.10 bits per heavy atom. The van der Waals surface area contributed by atoms with Crippen molar-refractivity contribution in [2.75, 3.05) is 5.32 Å². The fourth-order valence-electron chi connectivity index (χ4n) is 1.99. The smallest absolute Gasteiger partial charge is 0.337 e. The standard InChI is InChI=1S/C15H12Cl3NO2/c1-8(11-4-2-9(16)6-13(11)18)19-14-7-10(17)3-5-12(14)15(20)21/h2-8,19H,1H3,(H,20,21). The van der Waals surface area contributed by atoms with Crippen LogP contribution in [0.2, 0.25) is 15.1 Å². The third kappa shape index (κ3) is 3.82. The number of nitrogens with one attached hydrogen (secondary N) is 1. The number of carbonyl (C=O) groups is 1. The molecule has 21 heavy (non-hydrogen) atoms. The Kier molecular flexibility index (Phi) is 4.99. The Hall–Kier alpha value is -1.42. The first-order chi connectivity index (χ1) is 9.88. The van der Waals surface area contributed by atoms with E-state index in [9.17, 15) is 9.90 Å². The van der Waals surface area contributed by atoms with Gasteiger partial charge >= 0.3 is 5.97 Å². The highest BCUT2D eigenvalue weighted by Gasteiger charge is 2.15. The van der Waals surface area contributed by atoms with Gasteiger partial charge in [-0.15, -0.1) is 0 Å². The number of rotatable bonds is 4. The molecule has 0 radical (unpaired) electrons. The van der Waals surface area contributed by atoms with Crippen LogP contribution in [0.15, 0.2) is 36.4 Å². The number of carboxylic acids is 1. The molecule has 0 spiro atoms. The molecule has 0 aliphatic heterocycles. The molecule has 1 unspecified atom stereocenters. The molecule has 0 aliphatic rings. The monoisotopic (exact) mass is 343 g/mol. The molecule has 1 atom stereocenters. The van der Waals surface area contributed by atoms with Gasteiger partial charge in [0.2, 0.25) is 0 Å². The summed E-state index contributed by atoms with van der Waals surface area (Å²) in [4.78, 5) is 11.2. The van der Waals surface area contributed by atoms with Crippen molar-refractivity contribution in [2.45, 2.75) is 13.0 Å². The molecular weight excluding hydrogens is 333 g/mol. The molecule has 0 aromatic heterocycles. The molecule has 110 valence electrons. The second-order valence-corrected chi connectivity index (χ2v) is 5.81. The van der Waals surface area contributed by atoms with E-state index >= 15 is 0 Å². The summed E-state index contributed by atoms with van der Waals surface area (Å²) in [6.07, 6.45) is 0. The van der Waals surface area contributed by atoms with E-state index in [-0.39, 0.29) is 11.6 Å². The molecule has 0 heterocycles. The lowest BCUT2D eigenvalue weighted by atomic mass is 10.1. The molecule has 2 aromatic carbocycles. The minimum atomic E-state index is -1.02. The van der Waals surface area contributed by atoms with Crippen molar-refractivity contribution in [3.8, 4) is 0 Å². The number of hydrogen-bond acceptors (Lipinski definition) is 2. The van der Waals surface area contributed by atoms with E-state index in [4.69, 9.17) is 34.8 Å². The van der Waals surface area contributed by atoms with E-state index in [1.807, 2.05) is 6.92 Å². The fraction of sp³-hybridized carbons (Fsp3) is 0.133. The second kappa shape index (κ2) is 6.56. The Morgan fingerprint density at radius 3 is 2.33 bits per heavy atom. The van der Waals surface area contributed by atoms with Crippen LogP contribution in [-0.4, -0.2) is 11.1 Å². The van der Waals surface area contributed by atoms with Crippen molar-refractivity contribution >= 4 is 46.5 Å². The van der Waals surface area contributed by atoms with Crippen LogP contribution in [0.5, 0.6) is 0 Å². The van der Waals surface area contributed by atoms with E-state index in [1.165, 1.54) is 12.1 Å². The molecule has 0 saturated heterocycles. The normalized spacial score (nSPS) is 12.0. The first kappa shape index (κ1) is 16.0. The van der Waals surface area contributed by atoms with Gasteiger partial charge in [0.05, 0.1) is 17.3 Å². The maximum atomic E-state index is 11.2. The van der Waals surface area contributed by atoms with Gasteiger partial charge in [0.1, 0.15) is 0 Å². The Balaban J connectivity index is 2.33. The highest BCUT2D eigenvalue weighted by atomic mass is 35.5. The summed E-state index contributed by atoms with van der Waals surface area (Å²) in [5.74, 6) is -1.02. The maximum absolute atomic E-state index is 11.2. The van der Waals surface area contributed by atoms with Crippen molar-refractivity contribution in [1.82, 2.24) is 0 Å². The highest BCUT2D eigenvalue weighted by Crippen LogP contribution is 2.30. The number of benzene rings is 2. The van der Waals surface area contributed by atoms with Crippen molar-refractivity contribution in [3.05, 3.63) is 62.6 Å². The number of halogens is 3. The van der Waals surface area contributed by atoms with Crippen LogP contribution in [0.25, 0.3) is 0 Å². The van der Waals surface area contributed by atoms with Crippen LogP contribution >= 0.6 is 34.8 Å². The summed E-state index contributed by atoms with van der Waals surface area (Å²) >= 11 is 18.0. The molecule has 0 saturated carbocycles. The zero-order chi connectivity index (χ0) is 15.6. The molecule has 2 aromatic rings. The molecule has 6 heteroatoms. The van der Waals surface area contributed by atoms with Crippen molar-refractivity contribution in [3.63, 3.8) is 0 Å². The lowest BCUT2D eigenvalue weighted by Crippen LogP contribution is -2.11. The minimum absolute atomic E-state index is 0.149. The molecular formula is C15H12Cl3NO2. The summed E-state index contributed by atoms with van der Waals surface area (Å²) in [6.45, 7) is 1.88. The predicted octanol–water partition coefficient (Wildman–Crippen LogP) is 5.52. The Morgan fingerprint density at radius 2 is 1.71 bits per heavy atom. The third-order valence-corrected chi connectivity index (χ3v) is 3.81. The number of hydrogen-bond donors (Lipinski definition) is 2. The van der Waals surface area contributed by atoms with Gasteiger partial charge in [0, 0.05) is 15.1 Å². The topological polar surface area (TPSA) is 49.3 Å². The zero-order valence-electron chi connectivity index (χ0n) is 11.0. The van der Waals surface area contributed by atoms with Gasteiger partial charge in [-0.05, 0) is 42.8 Å². The first-order valence-electron chi connectivity index (χ1n) is 6.13. The van der Waals surface area contributed by atoms with Crippen LogP contribution in [-0.2, 0) is 0 Å². The van der Waals surface area contributed by atoms with Gasteiger partial charge in [0.15, 0.2) is 0 Å². The average Bonchev–Trinajstić information content (AvgIpc) is 2.37. The van der Waals surface area contributed by atoms with Crippen LogP contribution < -0.4 is 5.32 Å². The predicted molar refractivity (Wildman–Crippen MR) is 86.9 cm³/mol. The van der Waals surface area contributed by atoms with Gasteiger partial charge in [-0.2, -0.15) is 0 Å². The molecule has 2 rings (SSSR count). The van der Waals surface area contributed by atoms with E-state index in [1.54, 1.807) is 24.3 Å². The fourth-order valence-corrected chi connectivity index (χ4v) is 2.73. The summed E-state index contributed by atoms with van der Waals surface area (Å²) in [7, 11) is 0.